The van der Waals surface area contributed by atoms with Crippen LogP contribution in [0.3, 0.4) is 0 Å². The Morgan fingerprint density at radius 3 is 2.70 bits per heavy atom. The van der Waals surface area contributed by atoms with Crippen LogP contribution < -0.4 is 10.2 Å². The SMILES string of the molecule is CC(=O)N(CC1CC1)c1ccc(-c2ccc(C(=O)Nc3cnc4nccn4c3)cn2)cc1Cl. The minimum atomic E-state index is -0.291. The second kappa shape index (κ2) is 8.63. The summed E-state index contributed by atoms with van der Waals surface area (Å²) < 4.78 is 1.72. The van der Waals surface area contributed by atoms with Crippen molar-refractivity contribution >= 4 is 40.6 Å². The molecule has 0 spiro atoms. The van der Waals surface area contributed by atoms with Gasteiger partial charge >= 0.3 is 0 Å². The van der Waals surface area contributed by atoms with Gasteiger partial charge in [-0.3, -0.25) is 19.0 Å². The average molecular weight is 461 g/mol. The minimum Gasteiger partial charge on any atom is -0.319 e. The monoisotopic (exact) mass is 460 g/mol. The van der Waals surface area contributed by atoms with Crippen molar-refractivity contribution in [1.82, 2.24) is 19.4 Å². The lowest BCUT2D eigenvalue weighted by Gasteiger charge is -2.22. The van der Waals surface area contributed by atoms with Crippen molar-refractivity contribution in [3.63, 3.8) is 0 Å². The standard InChI is InChI=1S/C24H21ClN6O2/c1-15(32)31(13-16-2-3-16)22-7-5-17(10-20(22)25)21-6-4-18(11-27-21)23(33)29-19-12-28-24-26-8-9-30(24)14-19/h4-12,14,16H,2-3,13H2,1H3,(H,29,33). The average Bonchev–Trinajstić information content (AvgIpc) is 3.52. The van der Waals surface area contributed by atoms with Crippen molar-refractivity contribution in [2.45, 2.75) is 19.8 Å². The number of rotatable bonds is 6. The first-order chi connectivity index (χ1) is 16.0. The number of benzene rings is 1. The third-order valence-electron chi connectivity index (χ3n) is 5.58. The van der Waals surface area contributed by atoms with Crippen LogP contribution in [0.5, 0.6) is 0 Å². The largest absolute Gasteiger partial charge is 0.319 e. The number of carbonyl (C=O) groups is 2. The molecule has 4 aromatic rings. The molecule has 1 N–H and O–H groups in total. The molecule has 0 bridgehead atoms. The number of nitrogens with one attached hydrogen (secondary N) is 1. The fourth-order valence-corrected chi connectivity index (χ4v) is 3.91. The summed E-state index contributed by atoms with van der Waals surface area (Å²) in [6.07, 6.45) is 10.5. The number of nitrogens with zero attached hydrogens (tertiary/aromatic N) is 5. The minimum absolute atomic E-state index is 0.0209. The molecule has 1 saturated carbocycles. The molecule has 9 heteroatoms. The Morgan fingerprint density at radius 1 is 1.15 bits per heavy atom. The molecule has 1 aliphatic rings. The van der Waals surface area contributed by atoms with Crippen molar-refractivity contribution in [2.75, 3.05) is 16.8 Å². The molecule has 0 unspecified atom stereocenters. The predicted octanol–water partition coefficient (Wildman–Crippen LogP) is 4.46. The van der Waals surface area contributed by atoms with Gasteiger partial charge in [-0.25, -0.2) is 9.97 Å². The molecule has 166 valence electrons. The van der Waals surface area contributed by atoms with Gasteiger partial charge in [0.25, 0.3) is 5.91 Å². The maximum Gasteiger partial charge on any atom is 0.257 e. The van der Waals surface area contributed by atoms with Gasteiger partial charge in [0.05, 0.1) is 33.9 Å². The normalized spacial score (nSPS) is 13.2. The van der Waals surface area contributed by atoms with Gasteiger partial charge < -0.3 is 10.2 Å². The molecular formula is C24H21ClN6O2. The van der Waals surface area contributed by atoms with Crippen LogP contribution in [0.2, 0.25) is 5.02 Å². The van der Waals surface area contributed by atoms with E-state index in [2.05, 4.69) is 20.3 Å². The van der Waals surface area contributed by atoms with Gasteiger partial charge in [-0.15, -0.1) is 0 Å². The molecule has 1 fully saturated rings. The smallest absolute Gasteiger partial charge is 0.257 e. The van der Waals surface area contributed by atoms with Crippen LogP contribution in [0.1, 0.15) is 30.1 Å². The van der Waals surface area contributed by atoms with Crippen molar-refractivity contribution < 1.29 is 9.59 Å². The van der Waals surface area contributed by atoms with Gasteiger partial charge in [0.1, 0.15) is 0 Å². The fraction of sp³-hybridized carbons (Fsp3) is 0.208. The molecule has 0 radical (unpaired) electrons. The maximum atomic E-state index is 12.6. The van der Waals surface area contributed by atoms with E-state index in [9.17, 15) is 9.59 Å². The molecule has 3 heterocycles. The zero-order valence-electron chi connectivity index (χ0n) is 17.9. The number of hydrogen-bond acceptors (Lipinski definition) is 5. The van der Waals surface area contributed by atoms with Crippen LogP contribution in [0, 0.1) is 5.92 Å². The quantitative estimate of drug-likeness (QED) is 0.458. The van der Waals surface area contributed by atoms with Crippen LogP contribution in [0.15, 0.2) is 61.3 Å². The van der Waals surface area contributed by atoms with Gasteiger partial charge in [0.2, 0.25) is 11.7 Å². The van der Waals surface area contributed by atoms with E-state index in [-0.39, 0.29) is 11.8 Å². The van der Waals surface area contributed by atoms with Gasteiger partial charge in [0.15, 0.2) is 0 Å². The zero-order chi connectivity index (χ0) is 22.9. The number of halogens is 1. The number of amides is 2. The molecule has 0 aliphatic heterocycles. The van der Waals surface area contributed by atoms with Crippen LogP contribution in [-0.4, -0.2) is 37.7 Å². The van der Waals surface area contributed by atoms with Crippen molar-refractivity contribution in [1.29, 1.82) is 0 Å². The fourth-order valence-electron chi connectivity index (χ4n) is 3.62. The van der Waals surface area contributed by atoms with E-state index in [0.717, 1.165) is 18.4 Å². The van der Waals surface area contributed by atoms with E-state index < -0.39 is 0 Å². The summed E-state index contributed by atoms with van der Waals surface area (Å²) in [6, 6.07) is 9.01. The number of hydrogen-bond donors (Lipinski definition) is 1. The van der Waals surface area contributed by atoms with Crippen LogP contribution in [0.25, 0.3) is 17.0 Å². The summed E-state index contributed by atoms with van der Waals surface area (Å²) >= 11 is 6.53. The number of pyridine rings is 1. The highest BCUT2D eigenvalue weighted by Crippen LogP contribution is 2.35. The first-order valence-corrected chi connectivity index (χ1v) is 11.0. The summed E-state index contributed by atoms with van der Waals surface area (Å²) in [5.74, 6) is 0.804. The van der Waals surface area contributed by atoms with Gasteiger partial charge in [-0.2, -0.15) is 0 Å². The van der Waals surface area contributed by atoms with Gasteiger partial charge in [-0.05, 0) is 43.0 Å². The Morgan fingerprint density at radius 2 is 2.00 bits per heavy atom. The Kier molecular flexibility index (Phi) is 5.51. The van der Waals surface area contributed by atoms with Gasteiger partial charge in [0, 0.05) is 43.8 Å². The molecule has 5 rings (SSSR count). The van der Waals surface area contributed by atoms with Crippen LogP contribution in [0.4, 0.5) is 11.4 Å². The highest BCUT2D eigenvalue weighted by Gasteiger charge is 2.27. The van der Waals surface area contributed by atoms with E-state index in [1.807, 2.05) is 12.1 Å². The second-order valence-corrected chi connectivity index (χ2v) is 8.51. The van der Waals surface area contributed by atoms with E-state index in [1.165, 1.54) is 6.20 Å². The van der Waals surface area contributed by atoms with E-state index in [0.29, 0.717) is 45.9 Å². The Bertz CT molecular complexity index is 1350. The molecular weight excluding hydrogens is 440 g/mol. The van der Waals surface area contributed by atoms with Gasteiger partial charge in [-0.1, -0.05) is 17.7 Å². The number of carbonyl (C=O) groups excluding carboxylic acids is 2. The molecule has 0 atom stereocenters. The zero-order valence-corrected chi connectivity index (χ0v) is 18.7. The Labute approximate surface area is 195 Å². The number of anilines is 2. The van der Waals surface area contributed by atoms with E-state index in [4.69, 9.17) is 11.6 Å². The maximum absolute atomic E-state index is 12.6. The van der Waals surface area contributed by atoms with E-state index >= 15 is 0 Å². The van der Waals surface area contributed by atoms with Crippen LogP contribution in [-0.2, 0) is 4.79 Å². The highest BCUT2D eigenvalue weighted by molar-refractivity contribution is 6.34. The molecule has 1 aromatic carbocycles. The molecule has 8 nitrogen and oxygen atoms in total. The van der Waals surface area contributed by atoms with Crippen LogP contribution >= 0.6 is 11.6 Å². The Hall–Kier alpha value is -3.78. The lowest BCUT2D eigenvalue weighted by molar-refractivity contribution is -0.116. The third-order valence-corrected chi connectivity index (χ3v) is 5.88. The summed E-state index contributed by atoms with van der Waals surface area (Å²) in [5.41, 5.74) is 3.16. The van der Waals surface area contributed by atoms with E-state index in [1.54, 1.807) is 59.2 Å². The summed E-state index contributed by atoms with van der Waals surface area (Å²) in [7, 11) is 0. The second-order valence-electron chi connectivity index (χ2n) is 8.10. The first-order valence-electron chi connectivity index (χ1n) is 10.6. The number of aromatic nitrogens is 4. The molecule has 33 heavy (non-hydrogen) atoms. The lowest BCUT2D eigenvalue weighted by Crippen LogP contribution is -2.30. The topological polar surface area (TPSA) is 92.5 Å². The third kappa shape index (κ3) is 4.56. The molecule has 1 aliphatic carbocycles. The predicted molar refractivity (Wildman–Crippen MR) is 126 cm³/mol. The van der Waals surface area contributed by atoms with Crippen molar-refractivity contribution in [3.8, 4) is 11.3 Å². The highest BCUT2D eigenvalue weighted by atomic mass is 35.5. The molecule has 2 amide bonds. The Balaban J connectivity index is 1.31. The van der Waals surface area contributed by atoms with Crippen molar-refractivity contribution in [2.24, 2.45) is 5.92 Å². The summed E-state index contributed by atoms with van der Waals surface area (Å²) in [5, 5.41) is 3.31. The number of imidazole rings is 1. The number of fused-ring (bicyclic) bond motifs is 1. The molecule has 0 saturated heterocycles. The summed E-state index contributed by atoms with van der Waals surface area (Å²) in [4.78, 5) is 39.1. The summed E-state index contributed by atoms with van der Waals surface area (Å²) in [6.45, 7) is 2.25. The lowest BCUT2D eigenvalue weighted by atomic mass is 10.1. The first kappa shape index (κ1) is 21.1. The molecule has 3 aromatic heterocycles. The van der Waals surface area contributed by atoms with Crippen molar-refractivity contribution in [3.05, 3.63) is 71.9 Å².